The summed E-state index contributed by atoms with van der Waals surface area (Å²) in [5.74, 6) is 0.0640. The van der Waals surface area contributed by atoms with Crippen molar-refractivity contribution in [3.63, 3.8) is 0 Å². The van der Waals surface area contributed by atoms with E-state index in [-0.39, 0.29) is 36.1 Å². The molecule has 176 valence electrons. The van der Waals surface area contributed by atoms with Gasteiger partial charge in [-0.1, -0.05) is 30.3 Å². The van der Waals surface area contributed by atoms with Crippen molar-refractivity contribution in [1.29, 1.82) is 0 Å². The third kappa shape index (κ3) is 4.82. The van der Waals surface area contributed by atoms with Crippen LogP contribution in [-0.4, -0.2) is 41.5 Å². The number of amides is 1. The van der Waals surface area contributed by atoms with Crippen LogP contribution in [0.1, 0.15) is 17.5 Å². The smallest absolute Gasteiger partial charge is 0.263 e. The molecule has 1 aliphatic rings. The predicted octanol–water partition coefficient (Wildman–Crippen LogP) is 2.68. The van der Waals surface area contributed by atoms with E-state index in [4.69, 9.17) is 5.10 Å². The third-order valence-electron chi connectivity index (χ3n) is 5.51. The summed E-state index contributed by atoms with van der Waals surface area (Å²) in [6.07, 6.45) is 5.42. The van der Waals surface area contributed by atoms with Crippen molar-refractivity contribution in [2.24, 2.45) is 4.99 Å². The number of nitrogens with zero attached hydrogens (tertiary/aromatic N) is 4. The van der Waals surface area contributed by atoms with Gasteiger partial charge in [0.2, 0.25) is 5.91 Å². The van der Waals surface area contributed by atoms with Crippen molar-refractivity contribution in [3.8, 4) is 16.9 Å². The van der Waals surface area contributed by atoms with Gasteiger partial charge in [-0.15, -0.1) is 0 Å². The number of pyridine rings is 1. The summed E-state index contributed by atoms with van der Waals surface area (Å²) in [7, 11) is -3.60. The van der Waals surface area contributed by atoms with E-state index in [1.807, 2.05) is 48.7 Å². The number of carbonyl (C=O) groups is 1. The number of aromatic nitrogens is 3. The van der Waals surface area contributed by atoms with E-state index < -0.39 is 10.0 Å². The molecule has 0 atom stereocenters. The maximum Gasteiger partial charge on any atom is 0.263 e. The molecule has 4 aromatic rings. The van der Waals surface area contributed by atoms with Crippen molar-refractivity contribution in [3.05, 3.63) is 96.4 Å². The van der Waals surface area contributed by atoms with Crippen LogP contribution in [0.15, 0.2) is 95.2 Å². The van der Waals surface area contributed by atoms with Crippen molar-refractivity contribution in [2.75, 3.05) is 6.54 Å². The van der Waals surface area contributed by atoms with Gasteiger partial charge in [0.15, 0.2) is 0 Å². The highest BCUT2D eigenvalue weighted by atomic mass is 32.2. The molecule has 0 fully saturated rings. The third-order valence-corrected chi connectivity index (χ3v) is 6.91. The molecule has 0 spiro atoms. The number of hydrogen-bond acceptors (Lipinski definition) is 6. The average Bonchev–Trinajstić information content (AvgIpc) is 3.43. The van der Waals surface area contributed by atoms with Gasteiger partial charge in [-0.25, -0.2) is 13.1 Å². The molecular weight excluding hydrogens is 464 g/mol. The fraction of sp³-hybridized carbons (Fsp3) is 0.120. The standard InChI is InChI=1S/C25H22N6O3S/c32-23(12-15-27-25-21-8-4-5-9-22(21)35(33,34)30-25)28-16-19-17-31(20-6-2-1-3-7-20)29-24(19)18-10-13-26-14-11-18/h1-11,13-14,17H,12,15-16H2,(H,27,30)(H,28,32). The van der Waals surface area contributed by atoms with E-state index in [0.717, 1.165) is 22.5 Å². The number of rotatable bonds is 7. The van der Waals surface area contributed by atoms with Crippen molar-refractivity contribution in [2.45, 2.75) is 17.9 Å². The fourth-order valence-electron chi connectivity index (χ4n) is 3.81. The van der Waals surface area contributed by atoms with Crippen molar-refractivity contribution >= 4 is 21.8 Å². The van der Waals surface area contributed by atoms with Gasteiger partial charge in [-0.3, -0.25) is 19.5 Å². The highest BCUT2D eigenvalue weighted by molar-refractivity contribution is 7.90. The second kappa shape index (κ2) is 9.51. The van der Waals surface area contributed by atoms with Gasteiger partial charge in [-0.05, 0) is 36.4 Å². The quantitative estimate of drug-likeness (QED) is 0.416. The Morgan fingerprint density at radius 1 is 1.00 bits per heavy atom. The first-order valence-corrected chi connectivity index (χ1v) is 12.5. The summed E-state index contributed by atoms with van der Waals surface area (Å²) in [6.45, 7) is 0.438. The van der Waals surface area contributed by atoms with Gasteiger partial charge in [0.25, 0.3) is 10.0 Å². The molecule has 0 aliphatic carbocycles. The minimum atomic E-state index is -3.60. The number of benzene rings is 2. The molecule has 0 radical (unpaired) electrons. The molecule has 1 aliphatic heterocycles. The monoisotopic (exact) mass is 486 g/mol. The molecule has 35 heavy (non-hydrogen) atoms. The van der Waals surface area contributed by atoms with E-state index >= 15 is 0 Å². The van der Waals surface area contributed by atoms with Crippen LogP contribution >= 0.6 is 0 Å². The first kappa shape index (κ1) is 22.5. The molecule has 0 bridgehead atoms. The minimum absolute atomic E-state index is 0.116. The van der Waals surface area contributed by atoms with Crippen LogP contribution in [0.3, 0.4) is 0 Å². The zero-order chi connectivity index (χ0) is 24.3. The van der Waals surface area contributed by atoms with Crippen molar-refractivity contribution in [1.82, 2.24) is 24.8 Å². The lowest BCUT2D eigenvalue weighted by molar-refractivity contribution is -0.121. The Hall–Kier alpha value is -4.31. The van der Waals surface area contributed by atoms with Crippen LogP contribution in [0.4, 0.5) is 0 Å². The summed E-state index contributed by atoms with van der Waals surface area (Å²) in [5.41, 5.74) is 3.95. The zero-order valence-corrected chi connectivity index (χ0v) is 19.4. The Kier molecular flexibility index (Phi) is 6.11. The van der Waals surface area contributed by atoms with Gasteiger partial charge < -0.3 is 5.32 Å². The van der Waals surface area contributed by atoms with E-state index in [2.05, 4.69) is 20.0 Å². The first-order chi connectivity index (χ1) is 17.0. The topological polar surface area (TPSA) is 118 Å². The molecule has 2 aromatic carbocycles. The van der Waals surface area contributed by atoms with E-state index in [0.29, 0.717) is 5.56 Å². The SMILES string of the molecule is O=C(CCN=C1NS(=O)(=O)c2ccccc21)NCc1cn(-c2ccccc2)nc1-c1ccncc1. The number of amidine groups is 1. The van der Waals surface area contributed by atoms with Crippen LogP contribution in [0.25, 0.3) is 16.9 Å². The molecule has 2 N–H and O–H groups in total. The molecule has 5 rings (SSSR count). The second-order valence-electron chi connectivity index (χ2n) is 7.88. The van der Waals surface area contributed by atoms with Gasteiger partial charge in [0, 0.05) is 48.2 Å². The molecule has 10 heteroatoms. The highest BCUT2D eigenvalue weighted by Crippen LogP contribution is 2.24. The van der Waals surface area contributed by atoms with E-state index in [1.165, 1.54) is 6.07 Å². The van der Waals surface area contributed by atoms with Gasteiger partial charge >= 0.3 is 0 Å². The molecule has 0 unspecified atom stereocenters. The summed E-state index contributed by atoms with van der Waals surface area (Å²) >= 11 is 0. The van der Waals surface area contributed by atoms with Crippen LogP contribution in [0.5, 0.6) is 0 Å². The summed E-state index contributed by atoms with van der Waals surface area (Å²) < 4.78 is 28.6. The van der Waals surface area contributed by atoms with Crippen LogP contribution in [0, 0.1) is 0 Å². The Morgan fingerprint density at radius 2 is 1.74 bits per heavy atom. The normalized spacial score (nSPS) is 14.9. The fourth-order valence-corrected chi connectivity index (χ4v) is 5.06. The number of aliphatic imine (C=N–C) groups is 1. The van der Waals surface area contributed by atoms with Gasteiger partial charge in [0.1, 0.15) is 5.84 Å². The highest BCUT2D eigenvalue weighted by Gasteiger charge is 2.29. The number of sulfonamides is 1. The Labute approximate surface area is 202 Å². The lowest BCUT2D eigenvalue weighted by Crippen LogP contribution is -2.25. The summed E-state index contributed by atoms with van der Waals surface area (Å²) in [6, 6.07) is 20.1. The van der Waals surface area contributed by atoms with Gasteiger partial charge in [-0.2, -0.15) is 5.10 Å². The molecule has 9 nitrogen and oxygen atoms in total. The zero-order valence-electron chi connectivity index (χ0n) is 18.6. The van der Waals surface area contributed by atoms with Crippen LogP contribution < -0.4 is 10.0 Å². The average molecular weight is 487 g/mol. The lowest BCUT2D eigenvalue weighted by Gasteiger charge is -2.05. The number of para-hydroxylation sites is 1. The number of fused-ring (bicyclic) bond motifs is 1. The van der Waals surface area contributed by atoms with Crippen LogP contribution in [0.2, 0.25) is 0 Å². The number of nitrogens with one attached hydrogen (secondary N) is 2. The molecule has 3 heterocycles. The Balaban J connectivity index is 1.27. The predicted molar refractivity (Wildman–Crippen MR) is 131 cm³/mol. The maximum atomic E-state index is 12.5. The maximum absolute atomic E-state index is 12.5. The minimum Gasteiger partial charge on any atom is -0.352 e. The summed E-state index contributed by atoms with van der Waals surface area (Å²) in [4.78, 5) is 21.1. The molecule has 0 saturated carbocycles. The Morgan fingerprint density at radius 3 is 2.54 bits per heavy atom. The van der Waals surface area contributed by atoms with Crippen LogP contribution in [-0.2, 0) is 21.4 Å². The second-order valence-corrected chi connectivity index (χ2v) is 9.53. The number of hydrogen-bond donors (Lipinski definition) is 2. The Bertz CT molecular complexity index is 1500. The largest absolute Gasteiger partial charge is 0.352 e. The molecule has 2 aromatic heterocycles. The molecular formula is C25H22N6O3S. The molecule has 1 amide bonds. The summed E-state index contributed by atoms with van der Waals surface area (Å²) in [5, 5.41) is 7.65. The van der Waals surface area contributed by atoms with E-state index in [1.54, 1.807) is 35.3 Å². The number of carbonyl (C=O) groups excluding carboxylic acids is 1. The molecule has 0 saturated heterocycles. The lowest BCUT2D eigenvalue weighted by atomic mass is 10.1. The first-order valence-electron chi connectivity index (χ1n) is 11.0. The van der Waals surface area contributed by atoms with E-state index in [9.17, 15) is 13.2 Å². The van der Waals surface area contributed by atoms with Gasteiger partial charge in [0.05, 0.1) is 22.8 Å². The van der Waals surface area contributed by atoms with Crippen molar-refractivity contribution < 1.29 is 13.2 Å².